The van der Waals surface area contributed by atoms with Crippen molar-refractivity contribution in [1.29, 1.82) is 0 Å². The van der Waals surface area contributed by atoms with Gasteiger partial charge < -0.3 is 10.1 Å². The zero-order valence-electron chi connectivity index (χ0n) is 15.6. The number of para-hydroxylation sites is 1. The summed E-state index contributed by atoms with van der Waals surface area (Å²) in [6.45, 7) is 1.87. The molecule has 2 heterocycles. The van der Waals surface area contributed by atoms with Crippen molar-refractivity contribution in [3.05, 3.63) is 86.8 Å². The van der Waals surface area contributed by atoms with Crippen LogP contribution >= 0.6 is 15.9 Å². The molecule has 30 heavy (non-hydrogen) atoms. The van der Waals surface area contributed by atoms with E-state index in [0.29, 0.717) is 15.9 Å². The predicted molar refractivity (Wildman–Crippen MR) is 113 cm³/mol. The number of carbonyl (C=O) groups is 1. The van der Waals surface area contributed by atoms with E-state index in [0.717, 1.165) is 5.56 Å². The average Bonchev–Trinajstić information content (AvgIpc) is 3.06. The number of ether oxygens (including phenoxy) is 1. The SMILES string of the molecule is Cc1ccccc1Oc1cc(NC(=O)c2nn3cccnc3c2Br)cc([N+](=O)[O-])c1. The Morgan fingerprint density at radius 3 is 2.77 bits per heavy atom. The van der Waals surface area contributed by atoms with Crippen LogP contribution in [0.5, 0.6) is 11.5 Å². The highest BCUT2D eigenvalue weighted by Crippen LogP contribution is 2.31. The number of hydrogen-bond donors (Lipinski definition) is 1. The van der Waals surface area contributed by atoms with Crippen LogP contribution in [0.4, 0.5) is 11.4 Å². The molecule has 0 fully saturated rings. The summed E-state index contributed by atoms with van der Waals surface area (Å²) in [5.74, 6) is 0.240. The van der Waals surface area contributed by atoms with Gasteiger partial charge in [-0.2, -0.15) is 5.10 Å². The van der Waals surface area contributed by atoms with E-state index in [1.165, 1.54) is 22.7 Å². The maximum atomic E-state index is 12.8. The second kappa shape index (κ2) is 7.91. The highest BCUT2D eigenvalue weighted by Gasteiger charge is 2.20. The summed E-state index contributed by atoms with van der Waals surface area (Å²) in [6.07, 6.45) is 3.24. The minimum atomic E-state index is -0.550. The molecule has 0 bridgehead atoms. The van der Waals surface area contributed by atoms with E-state index in [1.54, 1.807) is 30.6 Å². The average molecular weight is 468 g/mol. The van der Waals surface area contributed by atoms with Crippen LogP contribution in [0.25, 0.3) is 5.65 Å². The molecule has 4 aromatic rings. The number of carbonyl (C=O) groups excluding carboxylic acids is 1. The van der Waals surface area contributed by atoms with Crippen molar-refractivity contribution in [2.24, 2.45) is 0 Å². The lowest BCUT2D eigenvalue weighted by atomic mass is 10.2. The predicted octanol–water partition coefficient (Wildman–Crippen LogP) is 4.75. The Labute approximate surface area is 178 Å². The number of nitrogens with zero attached hydrogens (tertiary/aromatic N) is 4. The largest absolute Gasteiger partial charge is 0.457 e. The van der Waals surface area contributed by atoms with Crippen molar-refractivity contribution in [3.63, 3.8) is 0 Å². The molecular weight excluding hydrogens is 454 g/mol. The molecular formula is C20H14BrN5O4. The van der Waals surface area contributed by atoms with Gasteiger partial charge in [-0.1, -0.05) is 18.2 Å². The van der Waals surface area contributed by atoms with Crippen LogP contribution in [0, 0.1) is 17.0 Å². The van der Waals surface area contributed by atoms with Gasteiger partial charge in [0.2, 0.25) is 0 Å². The summed E-state index contributed by atoms with van der Waals surface area (Å²) in [4.78, 5) is 27.7. The number of fused-ring (bicyclic) bond motifs is 1. The van der Waals surface area contributed by atoms with E-state index < -0.39 is 10.8 Å². The van der Waals surface area contributed by atoms with Crippen LogP contribution in [0.1, 0.15) is 16.1 Å². The van der Waals surface area contributed by atoms with E-state index >= 15 is 0 Å². The van der Waals surface area contributed by atoms with E-state index in [4.69, 9.17) is 4.74 Å². The van der Waals surface area contributed by atoms with Gasteiger partial charge in [0.1, 0.15) is 11.5 Å². The lowest BCUT2D eigenvalue weighted by Crippen LogP contribution is -2.13. The molecule has 1 N–H and O–H groups in total. The van der Waals surface area contributed by atoms with Crippen molar-refractivity contribution >= 4 is 38.9 Å². The van der Waals surface area contributed by atoms with Crippen molar-refractivity contribution in [3.8, 4) is 11.5 Å². The third-order valence-electron chi connectivity index (χ3n) is 4.24. The van der Waals surface area contributed by atoms with E-state index in [9.17, 15) is 14.9 Å². The van der Waals surface area contributed by atoms with Gasteiger partial charge in [-0.05, 0) is 40.5 Å². The summed E-state index contributed by atoms with van der Waals surface area (Å²) in [6, 6.07) is 13.0. The molecule has 9 nitrogen and oxygen atoms in total. The van der Waals surface area contributed by atoms with E-state index in [2.05, 4.69) is 31.3 Å². The zero-order chi connectivity index (χ0) is 21.3. The molecule has 0 radical (unpaired) electrons. The fourth-order valence-electron chi connectivity index (χ4n) is 2.81. The number of hydrogen-bond acceptors (Lipinski definition) is 6. The first kappa shape index (κ1) is 19.5. The molecule has 10 heteroatoms. The summed E-state index contributed by atoms with van der Waals surface area (Å²) in [7, 11) is 0. The van der Waals surface area contributed by atoms with E-state index in [1.807, 2.05) is 19.1 Å². The maximum Gasteiger partial charge on any atom is 0.277 e. The van der Waals surface area contributed by atoms with Crippen LogP contribution in [0.2, 0.25) is 0 Å². The number of aryl methyl sites for hydroxylation is 1. The van der Waals surface area contributed by atoms with Gasteiger partial charge in [-0.25, -0.2) is 9.50 Å². The minimum absolute atomic E-state index is 0.0987. The Bertz CT molecular complexity index is 1290. The quantitative estimate of drug-likeness (QED) is 0.334. The summed E-state index contributed by atoms with van der Waals surface area (Å²) >= 11 is 3.33. The smallest absolute Gasteiger partial charge is 0.277 e. The van der Waals surface area contributed by atoms with Gasteiger partial charge >= 0.3 is 0 Å². The second-order valence-electron chi connectivity index (χ2n) is 6.34. The van der Waals surface area contributed by atoms with Crippen molar-refractivity contribution in [2.45, 2.75) is 6.92 Å². The lowest BCUT2D eigenvalue weighted by molar-refractivity contribution is -0.384. The van der Waals surface area contributed by atoms with Gasteiger partial charge in [-0.15, -0.1) is 0 Å². The number of nitro groups is 1. The third kappa shape index (κ3) is 3.85. The minimum Gasteiger partial charge on any atom is -0.457 e. The molecule has 0 aliphatic heterocycles. The second-order valence-corrected chi connectivity index (χ2v) is 7.14. The highest BCUT2D eigenvalue weighted by molar-refractivity contribution is 9.10. The van der Waals surface area contributed by atoms with Crippen LogP contribution in [-0.2, 0) is 0 Å². The number of nitro benzene ring substituents is 1. The van der Waals surface area contributed by atoms with Crippen molar-refractivity contribution in [1.82, 2.24) is 14.6 Å². The third-order valence-corrected chi connectivity index (χ3v) is 4.97. The lowest BCUT2D eigenvalue weighted by Gasteiger charge is -2.10. The number of nitrogens with one attached hydrogen (secondary N) is 1. The molecule has 4 rings (SSSR count). The molecule has 0 aliphatic carbocycles. The number of amides is 1. The Hall–Kier alpha value is -3.79. The molecule has 0 spiro atoms. The molecule has 0 unspecified atom stereocenters. The first-order valence-electron chi connectivity index (χ1n) is 8.75. The molecule has 0 saturated heterocycles. The van der Waals surface area contributed by atoms with Crippen molar-refractivity contribution < 1.29 is 14.5 Å². The Morgan fingerprint density at radius 1 is 1.23 bits per heavy atom. The molecule has 0 aliphatic rings. The van der Waals surface area contributed by atoms with Crippen LogP contribution in [0.3, 0.4) is 0 Å². The molecule has 0 atom stereocenters. The van der Waals surface area contributed by atoms with Gasteiger partial charge in [-0.3, -0.25) is 14.9 Å². The molecule has 0 saturated carbocycles. The first-order chi connectivity index (χ1) is 14.4. The maximum absolute atomic E-state index is 12.8. The fourth-order valence-corrected chi connectivity index (χ4v) is 3.36. The molecule has 2 aromatic carbocycles. The van der Waals surface area contributed by atoms with Crippen molar-refractivity contribution in [2.75, 3.05) is 5.32 Å². The van der Waals surface area contributed by atoms with Gasteiger partial charge in [0.25, 0.3) is 11.6 Å². The number of non-ortho nitro benzene ring substituents is 1. The zero-order valence-corrected chi connectivity index (χ0v) is 17.2. The number of aromatic nitrogens is 3. The summed E-state index contributed by atoms with van der Waals surface area (Å²) in [5.41, 5.74) is 1.43. The van der Waals surface area contributed by atoms with Crippen LogP contribution in [0.15, 0.2) is 65.4 Å². The fraction of sp³-hybridized carbons (Fsp3) is 0.0500. The molecule has 2 aromatic heterocycles. The number of halogens is 1. The summed E-state index contributed by atoms with van der Waals surface area (Å²) < 4.78 is 7.68. The number of rotatable bonds is 5. The summed E-state index contributed by atoms with van der Waals surface area (Å²) in [5, 5.41) is 18.2. The topological polar surface area (TPSA) is 112 Å². The highest BCUT2D eigenvalue weighted by atomic mass is 79.9. The Morgan fingerprint density at radius 2 is 2.03 bits per heavy atom. The monoisotopic (exact) mass is 467 g/mol. The van der Waals surface area contributed by atoms with E-state index in [-0.39, 0.29) is 22.8 Å². The normalized spacial score (nSPS) is 10.7. The van der Waals surface area contributed by atoms with Crippen LogP contribution in [-0.4, -0.2) is 25.4 Å². The van der Waals surface area contributed by atoms with Gasteiger partial charge in [0, 0.05) is 24.5 Å². The number of anilines is 1. The number of benzene rings is 2. The van der Waals surface area contributed by atoms with Crippen LogP contribution < -0.4 is 10.1 Å². The van der Waals surface area contributed by atoms with Gasteiger partial charge in [0.15, 0.2) is 11.3 Å². The van der Waals surface area contributed by atoms with Gasteiger partial charge in [0.05, 0.1) is 21.1 Å². The standard InChI is InChI=1S/C20H14BrN5O4/c1-12-5-2-3-6-16(12)30-15-10-13(9-14(11-15)26(28)29)23-20(27)18-17(21)19-22-7-4-8-25(19)24-18/h2-11H,1H3,(H,23,27). The Balaban J connectivity index is 1.66. The Kier molecular flexibility index (Phi) is 5.15. The molecule has 1 amide bonds. The molecule has 150 valence electrons. The first-order valence-corrected chi connectivity index (χ1v) is 9.55.